The Morgan fingerprint density at radius 3 is 2.76 bits per heavy atom. The maximum Gasteiger partial charge on any atom is 0.408 e. The maximum atomic E-state index is 12.0. The summed E-state index contributed by atoms with van der Waals surface area (Å²) in [7, 11) is 0. The third kappa shape index (κ3) is 6.38. The average molecular weight is 347 g/mol. The molecule has 25 heavy (non-hydrogen) atoms. The van der Waals surface area contributed by atoms with Crippen LogP contribution in [-0.4, -0.2) is 22.2 Å². The number of rotatable bonds is 5. The number of allylic oxidation sites excluding steroid dienone is 1. The molecule has 0 saturated heterocycles. The zero-order valence-electron chi connectivity index (χ0n) is 15.8. The Hall–Kier alpha value is -2.08. The van der Waals surface area contributed by atoms with E-state index in [1.165, 1.54) is 0 Å². The van der Waals surface area contributed by atoms with Crippen molar-refractivity contribution in [2.24, 2.45) is 0 Å². The van der Waals surface area contributed by atoms with Crippen molar-refractivity contribution < 1.29 is 14.4 Å². The predicted molar refractivity (Wildman–Crippen MR) is 96.6 cm³/mol. The van der Waals surface area contributed by atoms with Gasteiger partial charge in [0.2, 0.25) is 0 Å². The van der Waals surface area contributed by atoms with Gasteiger partial charge in [-0.25, -0.2) is 4.79 Å². The van der Waals surface area contributed by atoms with Gasteiger partial charge >= 0.3 is 6.09 Å². The van der Waals surface area contributed by atoms with Gasteiger partial charge in [0.25, 0.3) is 0 Å². The summed E-state index contributed by atoms with van der Waals surface area (Å²) in [5, 5.41) is 2.98. The molecule has 0 aliphatic heterocycles. The van der Waals surface area contributed by atoms with E-state index in [4.69, 9.17) is 9.57 Å². The van der Waals surface area contributed by atoms with E-state index in [1.54, 1.807) is 6.20 Å². The Bertz CT molecular complexity index is 637. The van der Waals surface area contributed by atoms with Gasteiger partial charge in [0.05, 0.1) is 0 Å². The smallest absolute Gasteiger partial charge is 0.408 e. The van der Waals surface area contributed by atoms with Crippen LogP contribution < -0.4 is 10.8 Å². The topological polar surface area (TPSA) is 72.5 Å². The van der Waals surface area contributed by atoms with E-state index >= 15 is 0 Å². The van der Waals surface area contributed by atoms with Crippen LogP contribution in [0.5, 0.6) is 0 Å². The Morgan fingerprint density at radius 1 is 1.40 bits per heavy atom. The second kappa shape index (κ2) is 7.87. The lowest BCUT2D eigenvalue weighted by atomic mass is 9.86. The molecular weight excluding hydrogens is 318 g/mol. The maximum absolute atomic E-state index is 12.0. The zero-order valence-corrected chi connectivity index (χ0v) is 15.8. The third-order valence-corrected chi connectivity index (χ3v) is 4.10. The number of amides is 1. The second-order valence-corrected chi connectivity index (χ2v) is 7.76. The molecule has 138 valence electrons. The Kier molecular flexibility index (Phi) is 6.06. The van der Waals surface area contributed by atoms with Crippen LogP contribution in [0, 0.1) is 6.92 Å². The van der Waals surface area contributed by atoms with Crippen LogP contribution in [0.1, 0.15) is 58.2 Å². The van der Waals surface area contributed by atoms with Gasteiger partial charge in [-0.3, -0.25) is 15.3 Å². The summed E-state index contributed by atoms with van der Waals surface area (Å²) in [6, 6.07) is 3.90. The predicted octanol–water partition coefficient (Wildman–Crippen LogP) is 3.76. The van der Waals surface area contributed by atoms with Crippen LogP contribution in [0.15, 0.2) is 30.1 Å². The summed E-state index contributed by atoms with van der Waals surface area (Å²) in [5.41, 5.74) is 5.29. The molecule has 0 fully saturated rings. The van der Waals surface area contributed by atoms with Crippen LogP contribution in [0.2, 0.25) is 0 Å². The molecule has 0 radical (unpaired) electrons. The monoisotopic (exact) mass is 347 g/mol. The van der Waals surface area contributed by atoms with E-state index in [9.17, 15) is 4.79 Å². The molecular formula is C19H29N3O3. The van der Waals surface area contributed by atoms with Gasteiger partial charge in [0.15, 0.2) is 0 Å². The van der Waals surface area contributed by atoms with E-state index < -0.39 is 5.60 Å². The van der Waals surface area contributed by atoms with E-state index in [0.717, 1.165) is 36.2 Å². The van der Waals surface area contributed by atoms with Crippen molar-refractivity contribution in [1.29, 1.82) is 0 Å². The lowest BCUT2D eigenvalue weighted by Crippen LogP contribution is -2.49. The molecule has 2 rings (SSSR count). The fourth-order valence-electron chi connectivity index (χ4n) is 2.60. The molecule has 0 spiro atoms. The van der Waals surface area contributed by atoms with Crippen molar-refractivity contribution in [3.63, 3.8) is 0 Å². The van der Waals surface area contributed by atoms with Gasteiger partial charge in [-0.1, -0.05) is 12.1 Å². The molecule has 0 aromatic carbocycles. The first kappa shape index (κ1) is 19.2. The number of aryl methyl sites for hydroxylation is 1. The number of hydroxylamine groups is 1. The summed E-state index contributed by atoms with van der Waals surface area (Å²) in [6.07, 6.45) is 5.82. The first-order valence-corrected chi connectivity index (χ1v) is 8.65. The number of carbonyl (C=O) groups excluding carboxylic acids is 1. The van der Waals surface area contributed by atoms with Crippen molar-refractivity contribution in [2.45, 2.75) is 71.6 Å². The van der Waals surface area contributed by atoms with Crippen molar-refractivity contribution >= 4 is 6.09 Å². The Labute approximate surface area is 150 Å². The molecule has 1 aromatic rings. The molecule has 6 heteroatoms. The highest BCUT2D eigenvalue weighted by molar-refractivity contribution is 5.68. The third-order valence-electron chi connectivity index (χ3n) is 4.10. The summed E-state index contributed by atoms with van der Waals surface area (Å²) in [6.45, 7) is 10.0. The number of ether oxygens (including phenoxy) is 1. The van der Waals surface area contributed by atoms with Crippen molar-refractivity contribution in [2.75, 3.05) is 0 Å². The molecule has 1 unspecified atom stereocenters. The van der Waals surface area contributed by atoms with Gasteiger partial charge in [0.1, 0.15) is 12.2 Å². The number of hydrogen-bond donors (Lipinski definition) is 2. The lowest BCUT2D eigenvalue weighted by Gasteiger charge is -2.34. The van der Waals surface area contributed by atoms with Crippen molar-refractivity contribution in [1.82, 2.24) is 15.8 Å². The van der Waals surface area contributed by atoms with E-state index in [0.29, 0.717) is 6.61 Å². The first-order chi connectivity index (χ1) is 11.7. The fraction of sp³-hybridized carbons (Fsp3) is 0.579. The quantitative estimate of drug-likeness (QED) is 0.794. The number of aromatic nitrogens is 1. The number of hydrogen-bond acceptors (Lipinski definition) is 5. The van der Waals surface area contributed by atoms with Crippen LogP contribution in [0.3, 0.4) is 0 Å². The SMILES string of the molecule is Cc1ncccc1CONC1=CCC(C)(NC(=O)OC(C)(C)C)CC1. The fourth-order valence-corrected chi connectivity index (χ4v) is 2.60. The van der Waals surface area contributed by atoms with E-state index in [1.807, 2.05) is 46.8 Å². The van der Waals surface area contributed by atoms with Gasteiger partial charge in [-0.15, -0.1) is 0 Å². The van der Waals surface area contributed by atoms with Crippen molar-refractivity contribution in [3.8, 4) is 0 Å². The Morgan fingerprint density at radius 2 is 2.16 bits per heavy atom. The molecule has 1 atom stereocenters. The zero-order chi connectivity index (χ0) is 18.5. The highest BCUT2D eigenvalue weighted by atomic mass is 16.6. The minimum absolute atomic E-state index is 0.298. The van der Waals surface area contributed by atoms with Crippen LogP contribution in [0.4, 0.5) is 4.79 Å². The highest BCUT2D eigenvalue weighted by Gasteiger charge is 2.30. The summed E-state index contributed by atoms with van der Waals surface area (Å²) < 4.78 is 5.34. The van der Waals surface area contributed by atoms with E-state index in [2.05, 4.69) is 21.9 Å². The molecule has 1 aliphatic rings. The number of nitrogens with zero attached hydrogens (tertiary/aromatic N) is 1. The molecule has 1 heterocycles. The molecule has 1 aliphatic carbocycles. The molecule has 0 bridgehead atoms. The standard InChI is InChI=1S/C19H29N3O3/c1-14-15(7-6-12-20-14)13-24-22-16-8-10-19(5,11-9-16)21-17(23)25-18(2,3)4/h6-8,12,22H,9-11,13H2,1-5H3,(H,21,23). The van der Waals surface area contributed by atoms with Crippen LogP contribution in [0.25, 0.3) is 0 Å². The summed E-state index contributed by atoms with van der Waals surface area (Å²) in [5.74, 6) is 0. The molecule has 2 N–H and O–H groups in total. The van der Waals surface area contributed by atoms with Crippen molar-refractivity contribution in [3.05, 3.63) is 41.4 Å². The Balaban J connectivity index is 1.79. The second-order valence-electron chi connectivity index (χ2n) is 7.76. The molecule has 6 nitrogen and oxygen atoms in total. The number of pyridine rings is 1. The molecule has 1 aromatic heterocycles. The minimum atomic E-state index is -0.490. The van der Waals surface area contributed by atoms with Gasteiger partial charge in [0, 0.05) is 28.7 Å². The first-order valence-electron chi connectivity index (χ1n) is 8.65. The van der Waals surface area contributed by atoms with Crippen LogP contribution in [-0.2, 0) is 16.2 Å². The van der Waals surface area contributed by atoms with E-state index in [-0.39, 0.29) is 11.6 Å². The van der Waals surface area contributed by atoms with Crippen LogP contribution >= 0.6 is 0 Å². The minimum Gasteiger partial charge on any atom is -0.444 e. The lowest BCUT2D eigenvalue weighted by molar-refractivity contribution is 0.0394. The van der Waals surface area contributed by atoms with Gasteiger partial charge in [-0.05, 0) is 59.9 Å². The summed E-state index contributed by atoms with van der Waals surface area (Å²) in [4.78, 5) is 21.8. The number of carbonyl (C=O) groups is 1. The summed E-state index contributed by atoms with van der Waals surface area (Å²) >= 11 is 0. The largest absolute Gasteiger partial charge is 0.444 e. The van der Waals surface area contributed by atoms with Gasteiger partial charge < -0.3 is 10.1 Å². The average Bonchev–Trinajstić information content (AvgIpc) is 2.49. The molecule has 0 saturated carbocycles. The highest BCUT2D eigenvalue weighted by Crippen LogP contribution is 2.26. The number of nitrogens with one attached hydrogen (secondary N) is 2. The normalized spacial score (nSPS) is 20.6. The number of alkyl carbamates (subject to hydrolysis) is 1. The van der Waals surface area contributed by atoms with Gasteiger partial charge in [-0.2, -0.15) is 0 Å². The molecule has 1 amide bonds.